The molecular weight excluding hydrogens is 370 g/mol. The van der Waals surface area contributed by atoms with Gasteiger partial charge in [-0.2, -0.15) is 0 Å². The average Bonchev–Trinajstić information content (AvgIpc) is 2.75. The number of benzene rings is 2. The molecule has 156 valence electrons. The van der Waals surface area contributed by atoms with Crippen LogP contribution < -0.4 is 19.1 Å². The van der Waals surface area contributed by atoms with Gasteiger partial charge in [0.05, 0.1) is 14.2 Å². The van der Waals surface area contributed by atoms with Gasteiger partial charge in [-0.25, -0.2) is 4.79 Å². The first-order valence-electron chi connectivity index (χ1n) is 9.67. The number of anilines is 1. The summed E-state index contributed by atoms with van der Waals surface area (Å²) in [7, 11) is 6.56. The van der Waals surface area contributed by atoms with Crippen LogP contribution in [0.25, 0.3) is 0 Å². The summed E-state index contributed by atoms with van der Waals surface area (Å²) in [5, 5.41) is 0. The van der Waals surface area contributed by atoms with Crippen LogP contribution in [0.4, 0.5) is 10.5 Å². The maximum absolute atomic E-state index is 11.8. The fourth-order valence-corrected chi connectivity index (χ4v) is 3.30. The molecule has 2 aromatic carbocycles. The molecule has 29 heavy (non-hydrogen) atoms. The summed E-state index contributed by atoms with van der Waals surface area (Å²) in [4.78, 5) is 18.0. The van der Waals surface area contributed by atoms with E-state index in [1.54, 1.807) is 34.4 Å². The third-order valence-corrected chi connectivity index (χ3v) is 5.01. The first kappa shape index (κ1) is 20.8. The van der Waals surface area contributed by atoms with E-state index < -0.39 is 6.09 Å². The van der Waals surface area contributed by atoms with Crippen molar-refractivity contribution < 1.29 is 19.0 Å². The maximum Gasteiger partial charge on any atom is 0.414 e. The number of hydrogen-bond acceptors (Lipinski definition) is 6. The lowest BCUT2D eigenvalue weighted by molar-refractivity contribution is 0.170. The van der Waals surface area contributed by atoms with Crippen LogP contribution >= 0.6 is 0 Å². The molecule has 0 aliphatic carbocycles. The number of piperazine rings is 1. The predicted molar refractivity (Wildman–Crippen MR) is 113 cm³/mol. The molecule has 2 aromatic rings. The molecular formula is C22H29N3O4. The summed E-state index contributed by atoms with van der Waals surface area (Å²) in [6, 6.07) is 13.9. The van der Waals surface area contributed by atoms with Gasteiger partial charge >= 0.3 is 6.09 Å². The van der Waals surface area contributed by atoms with Gasteiger partial charge in [-0.3, -0.25) is 4.90 Å². The van der Waals surface area contributed by atoms with Crippen LogP contribution in [0.3, 0.4) is 0 Å². The molecule has 7 heteroatoms. The van der Waals surface area contributed by atoms with Crippen molar-refractivity contribution >= 4 is 11.8 Å². The van der Waals surface area contributed by atoms with E-state index in [-0.39, 0.29) is 0 Å². The highest BCUT2D eigenvalue weighted by molar-refractivity contribution is 5.71. The maximum atomic E-state index is 11.8. The molecule has 0 spiro atoms. The normalized spacial score (nSPS) is 14.4. The molecule has 1 heterocycles. The molecule has 1 saturated heterocycles. The average molecular weight is 399 g/mol. The fourth-order valence-electron chi connectivity index (χ4n) is 3.30. The Morgan fingerprint density at radius 3 is 2.21 bits per heavy atom. The third-order valence-electron chi connectivity index (χ3n) is 5.01. The number of carbonyl (C=O) groups excluding carboxylic acids is 1. The molecule has 1 aliphatic heterocycles. The van der Waals surface area contributed by atoms with Crippen molar-refractivity contribution in [1.29, 1.82) is 0 Å². The smallest absolute Gasteiger partial charge is 0.414 e. The summed E-state index contributed by atoms with van der Waals surface area (Å²) in [6.07, 6.45) is -0.425. The van der Waals surface area contributed by atoms with Gasteiger partial charge in [0.25, 0.3) is 0 Å². The third kappa shape index (κ3) is 5.32. The van der Waals surface area contributed by atoms with E-state index in [1.165, 1.54) is 10.6 Å². The standard InChI is InChI=1S/C22H29N3O4/c1-23(2)22(26)29-20-10-5-17(15-21(20)28-4)16-24-11-13-25(14-12-24)18-6-8-19(27-3)9-7-18/h5-10,15H,11-14,16H2,1-4H3. The number of hydrogen-bond donors (Lipinski definition) is 0. The minimum Gasteiger partial charge on any atom is -0.497 e. The Hall–Kier alpha value is -2.93. The Morgan fingerprint density at radius 2 is 1.62 bits per heavy atom. The van der Waals surface area contributed by atoms with E-state index in [1.807, 2.05) is 24.3 Å². The number of amides is 1. The summed E-state index contributed by atoms with van der Waals surface area (Å²) >= 11 is 0. The monoisotopic (exact) mass is 399 g/mol. The highest BCUT2D eigenvalue weighted by Crippen LogP contribution is 2.29. The Kier molecular flexibility index (Phi) is 6.82. The Morgan fingerprint density at radius 1 is 0.931 bits per heavy atom. The van der Waals surface area contributed by atoms with E-state index in [9.17, 15) is 4.79 Å². The van der Waals surface area contributed by atoms with Gasteiger partial charge in [0, 0.05) is 52.5 Å². The Labute approximate surface area is 172 Å². The summed E-state index contributed by atoms with van der Waals surface area (Å²) in [5.41, 5.74) is 2.35. The van der Waals surface area contributed by atoms with Crippen LogP contribution in [0.5, 0.6) is 17.2 Å². The van der Waals surface area contributed by atoms with Crippen molar-refractivity contribution in [3.05, 3.63) is 48.0 Å². The second-order valence-corrected chi connectivity index (χ2v) is 7.21. The Bertz CT molecular complexity index is 815. The minimum absolute atomic E-state index is 0.425. The Balaban J connectivity index is 1.57. The minimum atomic E-state index is -0.425. The second-order valence-electron chi connectivity index (χ2n) is 7.21. The fraction of sp³-hybridized carbons (Fsp3) is 0.409. The van der Waals surface area contributed by atoms with E-state index in [0.717, 1.165) is 44.0 Å². The molecule has 0 atom stereocenters. The van der Waals surface area contributed by atoms with Gasteiger partial charge in [-0.05, 0) is 42.0 Å². The quantitative estimate of drug-likeness (QED) is 0.744. The van der Waals surface area contributed by atoms with Crippen molar-refractivity contribution in [1.82, 2.24) is 9.80 Å². The lowest BCUT2D eigenvalue weighted by atomic mass is 10.1. The first-order chi connectivity index (χ1) is 14.0. The van der Waals surface area contributed by atoms with Crippen molar-refractivity contribution in [3.63, 3.8) is 0 Å². The second kappa shape index (κ2) is 9.52. The molecule has 0 aromatic heterocycles. The van der Waals surface area contributed by atoms with Crippen LogP contribution in [0, 0.1) is 0 Å². The topological polar surface area (TPSA) is 54.5 Å². The highest BCUT2D eigenvalue weighted by Gasteiger charge is 2.18. The van der Waals surface area contributed by atoms with Gasteiger partial charge in [-0.15, -0.1) is 0 Å². The molecule has 1 amide bonds. The van der Waals surface area contributed by atoms with Crippen molar-refractivity contribution in [2.45, 2.75) is 6.54 Å². The highest BCUT2D eigenvalue weighted by atomic mass is 16.6. The molecule has 0 bridgehead atoms. The largest absolute Gasteiger partial charge is 0.497 e. The lowest BCUT2D eigenvalue weighted by Gasteiger charge is -2.36. The van der Waals surface area contributed by atoms with Gasteiger partial charge in [0.15, 0.2) is 11.5 Å². The zero-order valence-corrected chi connectivity index (χ0v) is 17.6. The van der Waals surface area contributed by atoms with Gasteiger partial charge in [-0.1, -0.05) is 6.07 Å². The zero-order valence-electron chi connectivity index (χ0n) is 17.6. The van der Waals surface area contributed by atoms with Crippen molar-refractivity contribution in [3.8, 4) is 17.2 Å². The summed E-state index contributed by atoms with van der Waals surface area (Å²) in [5.74, 6) is 1.87. The SMILES string of the molecule is COc1ccc(N2CCN(Cc3ccc(OC(=O)N(C)C)c(OC)c3)CC2)cc1. The molecule has 7 nitrogen and oxygen atoms in total. The molecule has 0 unspecified atom stereocenters. The first-order valence-corrected chi connectivity index (χ1v) is 9.67. The molecule has 0 saturated carbocycles. The van der Waals surface area contributed by atoms with Gasteiger partial charge < -0.3 is 24.0 Å². The number of nitrogens with zero attached hydrogens (tertiary/aromatic N) is 3. The summed E-state index contributed by atoms with van der Waals surface area (Å²) in [6.45, 7) is 4.73. The number of rotatable bonds is 6. The lowest BCUT2D eigenvalue weighted by Crippen LogP contribution is -2.45. The van der Waals surface area contributed by atoms with Crippen LogP contribution in [-0.2, 0) is 6.54 Å². The molecule has 1 aliphatic rings. The number of carbonyl (C=O) groups is 1. The van der Waals surface area contributed by atoms with Crippen LogP contribution in [-0.4, -0.2) is 70.4 Å². The van der Waals surface area contributed by atoms with Crippen molar-refractivity contribution in [2.24, 2.45) is 0 Å². The molecule has 1 fully saturated rings. The van der Waals surface area contributed by atoms with Crippen molar-refractivity contribution in [2.75, 3.05) is 59.4 Å². The van der Waals surface area contributed by atoms with Gasteiger partial charge in [0.2, 0.25) is 0 Å². The van der Waals surface area contributed by atoms with E-state index in [0.29, 0.717) is 11.5 Å². The van der Waals surface area contributed by atoms with Crippen LogP contribution in [0.1, 0.15) is 5.56 Å². The van der Waals surface area contributed by atoms with Crippen LogP contribution in [0.15, 0.2) is 42.5 Å². The van der Waals surface area contributed by atoms with Gasteiger partial charge in [0.1, 0.15) is 5.75 Å². The number of methoxy groups -OCH3 is 2. The predicted octanol–water partition coefficient (Wildman–Crippen LogP) is 3.09. The molecule has 0 N–H and O–H groups in total. The molecule has 3 rings (SSSR count). The summed E-state index contributed by atoms with van der Waals surface area (Å²) < 4.78 is 16.0. The number of ether oxygens (including phenoxy) is 3. The van der Waals surface area contributed by atoms with E-state index in [4.69, 9.17) is 14.2 Å². The van der Waals surface area contributed by atoms with E-state index >= 15 is 0 Å². The van der Waals surface area contributed by atoms with Crippen LogP contribution in [0.2, 0.25) is 0 Å². The van der Waals surface area contributed by atoms with E-state index in [2.05, 4.69) is 21.9 Å². The molecule has 0 radical (unpaired) electrons. The zero-order chi connectivity index (χ0) is 20.8.